The van der Waals surface area contributed by atoms with Gasteiger partial charge in [-0.1, -0.05) is 31.1 Å². The molecule has 3 rings (SSSR count). The lowest BCUT2D eigenvalue weighted by atomic mass is 9.91. The second kappa shape index (κ2) is 12.6. The van der Waals surface area contributed by atoms with Crippen molar-refractivity contribution >= 4 is 17.3 Å². The summed E-state index contributed by atoms with van der Waals surface area (Å²) in [6.45, 7) is 5.67. The fourth-order valence-corrected chi connectivity index (χ4v) is 4.54. The topological polar surface area (TPSA) is 103 Å². The minimum Gasteiger partial charge on any atom is -0.493 e. The number of benzene rings is 1. The lowest BCUT2D eigenvalue weighted by Gasteiger charge is -2.18. The summed E-state index contributed by atoms with van der Waals surface area (Å²) in [7, 11) is 1.67. The molecule has 3 unspecified atom stereocenters. The van der Waals surface area contributed by atoms with E-state index in [1.54, 1.807) is 18.4 Å². The molecular weight excluding hydrogens is 442 g/mol. The summed E-state index contributed by atoms with van der Waals surface area (Å²) in [5.74, 6) is 0.576. The van der Waals surface area contributed by atoms with Gasteiger partial charge in [0.15, 0.2) is 0 Å². The van der Waals surface area contributed by atoms with E-state index in [-0.39, 0.29) is 24.4 Å². The van der Waals surface area contributed by atoms with Crippen LogP contribution in [0.1, 0.15) is 32.3 Å². The molecule has 0 saturated carbocycles. The number of methoxy groups -OCH3 is 1. The monoisotopic (exact) mass is 473 g/mol. The van der Waals surface area contributed by atoms with Gasteiger partial charge in [-0.25, -0.2) is 0 Å². The van der Waals surface area contributed by atoms with Crippen LogP contribution in [0.15, 0.2) is 40.8 Å². The Kier molecular flexibility index (Phi) is 9.57. The molecule has 178 valence electrons. The van der Waals surface area contributed by atoms with Crippen LogP contribution < -0.4 is 4.74 Å². The molecule has 2 aromatic rings. The minimum atomic E-state index is -0.558. The molecule has 1 fully saturated rings. The van der Waals surface area contributed by atoms with Crippen LogP contribution in [0.5, 0.6) is 5.75 Å². The van der Waals surface area contributed by atoms with Gasteiger partial charge >= 0.3 is 5.97 Å². The van der Waals surface area contributed by atoms with E-state index in [9.17, 15) is 4.79 Å². The van der Waals surface area contributed by atoms with E-state index in [1.807, 2.05) is 43.5 Å². The first-order chi connectivity index (χ1) is 16.0. The third-order valence-electron chi connectivity index (χ3n) is 5.63. The lowest BCUT2D eigenvalue weighted by molar-refractivity contribution is -0.146. The lowest BCUT2D eigenvalue weighted by Crippen LogP contribution is -2.28. The molecule has 0 spiro atoms. The molecule has 3 atom stereocenters. The predicted molar refractivity (Wildman–Crippen MR) is 127 cm³/mol. The molecule has 0 aliphatic carbocycles. The third-order valence-corrected chi connectivity index (χ3v) is 6.53. The zero-order valence-corrected chi connectivity index (χ0v) is 20.1. The van der Waals surface area contributed by atoms with Gasteiger partial charge < -0.3 is 18.9 Å². The number of cyclic esters (lactones) is 1. The van der Waals surface area contributed by atoms with E-state index in [4.69, 9.17) is 24.5 Å². The van der Waals surface area contributed by atoms with Crippen LogP contribution in [-0.2, 0) is 25.6 Å². The molecule has 1 aliphatic heterocycles. The Labute approximate surface area is 198 Å². The second-order valence-corrected chi connectivity index (χ2v) is 9.30. The van der Waals surface area contributed by atoms with E-state index in [2.05, 4.69) is 16.1 Å². The first-order valence-electron chi connectivity index (χ1n) is 11.1. The summed E-state index contributed by atoms with van der Waals surface area (Å²) in [5, 5.41) is 5.87. The van der Waals surface area contributed by atoms with Crippen LogP contribution in [0.2, 0.25) is 0 Å². The zero-order valence-electron chi connectivity index (χ0n) is 19.3. The Morgan fingerprint density at radius 2 is 2.15 bits per heavy atom. The molecule has 8 nitrogen and oxygen atoms in total. The summed E-state index contributed by atoms with van der Waals surface area (Å²) >= 11 is 1.66. The Morgan fingerprint density at radius 3 is 2.82 bits per heavy atom. The first-order valence-corrected chi connectivity index (χ1v) is 12.0. The number of hydrogen-bond acceptors (Lipinski definition) is 7. The van der Waals surface area contributed by atoms with Crippen molar-refractivity contribution in [3.8, 4) is 16.2 Å². The Morgan fingerprint density at radius 1 is 1.30 bits per heavy atom. The number of esters is 1. The molecule has 1 saturated heterocycles. The molecule has 1 aliphatic rings. The average molecular weight is 474 g/mol. The van der Waals surface area contributed by atoms with Crippen molar-refractivity contribution in [1.82, 2.24) is 0 Å². The van der Waals surface area contributed by atoms with Gasteiger partial charge in [0.1, 0.15) is 11.9 Å². The molecular formula is C24H31N3O5S. The number of azide groups is 1. The SMILES string of the molecule is COCCCOc1cc(COCC(N=[N+]=[N-])C2CC(C(C)C)C(=O)O2)ccc1-c1cccs1. The van der Waals surface area contributed by atoms with Gasteiger partial charge in [-0.05, 0) is 47.0 Å². The molecule has 0 N–H and O–H groups in total. The van der Waals surface area contributed by atoms with Crippen molar-refractivity contribution in [2.75, 3.05) is 26.9 Å². The average Bonchev–Trinajstić information content (AvgIpc) is 3.46. The quantitative estimate of drug-likeness (QED) is 0.124. The van der Waals surface area contributed by atoms with Gasteiger partial charge in [-0.3, -0.25) is 4.79 Å². The molecule has 0 amide bonds. The number of hydrogen-bond donors (Lipinski definition) is 0. The molecule has 2 heterocycles. The van der Waals surface area contributed by atoms with Gasteiger partial charge in [0.05, 0.1) is 31.8 Å². The maximum Gasteiger partial charge on any atom is 0.309 e. The maximum atomic E-state index is 12.1. The molecule has 0 radical (unpaired) electrons. The van der Waals surface area contributed by atoms with Crippen LogP contribution in [0.3, 0.4) is 0 Å². The number of thiophene rings is 1. The molecule has 1 aromatic heterocycles. The van der Waals surface area contributed by atoms with Gasteiger partial charge in [0, 0.05) is 35.5 Å². The summed E-state index contributed by atoms with van der Waals surface area (Å²) in [6.07, 6.45) is 0.881. The van der Waals surface area contributed by atoms with Crippen LogP contribution in [0.25, 0.3) is 20.9 Å². The number of nitrogens with zero attached hydrogens (tertiary/aromatic N) is 3. The largest absolute Gasteiger partial charge is 0.493 e. The second-order valence-electron chi connectivity index (χ2n) is 8.35. The van der Waals surface area contributed by atoms with Gasteiger partial charge in [0.25, 0.3) is 0 Å². The van der Waals surface area contributed by atoms with Crippen molar-refractivity contribution in [3.05, 3.63) is 51.7 Å². The first kappa shape index (κ1) is 25.1. The summed E-state index contributed by atoms with van der Waals surface area (Å²) in [5.41, 5.74) is 11.0. The standard InChI is InChI=1S/C24H31N3O5S/c1-16(2)19-13-22(32-24(19)28)20(26-27-25)15-30-14-17-7-8-18(23-6-4-11-33-23)21(12-17)31-10-5-9-29-3/h4,6-8,11-12,16,19-20,22H,5,9-10,13-15H2,1-3H3. The van der Waals surface area contributed by atoms with Crippen LogP contribution in [0, 0.1) is 11.8 Å². The fourth-order valence-electron chi connectivity index (χ4n) is 3.79. The predicted octanol–water partition coefficient (Wildman–Crippen LogP) is 5.61. The maximum absolute atomic E-state index is 12.1. The van der Waals surface area contributed by atoms with E-state index in [0.29, 0.717) is 26.2 Å². The van der Waals surface area contributed by atoms with Gasteiger partial charge in [-0.15, -0.1) is 11.3 Å². The van der Waals surface area contributed by atoms with Crippen LogP contribution in [0.4, 0.5) is 0 Å². The molecule has 9 heteroatoms. The number of carbonyl (C=O) groups is 1. The fraction of sp³-hybridized carbons (Fsp3) is 0.542. The van der Waals surface area contributed by atoms with Crippen molar-refractivity contribution < 1.29 is 23.7 Å². The van der Waals surface area contributed by atoms with Gasteiger partial charge in [-0.2, -0.15) is 0 Å². The Bertz CT molecular complexity index is 944. The summed E-state index contributed by atoms with van der Waals surface area (Å²) in [4.78, 5) is 16.2. The van der Waals surface area contributed by atoms with Crippen molar-refractivity contribution in [1.29, 1.82) is 0 Å². The molecule has 33 heavy (non-hydrogen) atoms. The number of ether oxygens (including phenoxy) is 4. The minimum absolute atomic E-state index is 0.170. The summed E-state index contributed by atoms with van der Waals surface area (Å²) < 4.78 is 22.5. The molecule has 0 bridgehead atoms. The highest BCUT2D eigenvalue weighted by Crippen LogP contribution is 2.35. The Hall–Kier alpha value is -2.58. The van der Waals surface area contributed by atoms with E-state index < -0.39 is 12.1 Å². The highest BCUT2D eigenvalue weighted by molar-refractivity contribution is 7.13. The third kappa shape index (κ3) is 6.95. The smallest absolute Gasteiger partial charge is 0.309 e. The van der Waals surface area contributed by atoms with E-state index in [1.165, 1.54) is 0 Å². The van der Waals surface area contributed by atoms with Crippen molar-refractivity contribution in [2.45, 2.75) is 45.4 Å². The van der Waals surface area contributed by atoms with E-state index in [0.717, 1.165) is 28.2 Å². The van der Waals surface area contributed by atoms with E-state index >= 15 is 0 Å². The zero-order chi connectivity index (χ0) is 23.6. The highest BCUT2D eigenvalue weighted by atomic mass is 32.1. The summed E-state index contributed by atoms with van der Waals surface area (Å²) in [6, 6.07) is 9.54. The highest BCUT2D eigenvalue weighted by Gasteiger charge is 2.40. The Balaban J connectivity index is 1.63. The number of rotatable bonds is 13. The number of carbonyl (C=O) groups excluding carboxylic acids is 1. The molecule has 1 aromatic carbocycles. The van der Waals surface area contributed by atoms with Crippen molar-refractivity contribution in [3.63, 3.8) is 0 Å². The van der Waals surface area contributed by atoms with Crippen LogP contribution in [-0.4, -0.2) is 45.0 Å². The van der Waals surface area contributed by atoms with Crippen molar-refractivity contribution in [2.24, 2.45) is 17.0 Å². The van der Waals surface area contributed by atoms with Gasteiger partial charge in [0.2, 0.25) is 0 Å². The normalized spacial score (nSPS) is 18.7. The van der Waals surface area contributed by atoms with Crippen LogP contribution >= 0.6 is 11.3 Å².